The molecule has 0 bridgehead atoms. The number of aliphatic imine (C=N–C) groups is 1. The van der Waals surface area contributed by atoms with E-state index in [1.807, 2.05) is 38.1 Å². The molecular weight excluding hydrogens is 478 g/mol. The van der Waals surface area contributed by atoms with Crippen molar-refractivity contribution >= 4 is 39.6 Å². The number of rotatable bonds is 7. The average Bonchev–Trinajstić information content (AvgIpc) is 3.52. The normalized spacial score (nSPS) is 16.2. The molecule has 1 fully saturated rings. The van der Waals surface area contributed by atoms with Gasteiger partial charge in [0.15, 0.2) is 11.6 Å². The Morgan fingerprint density at radius 1 is 1.16 bits per heavy atom. The number of aromatic nitrogens is 2. The lowest BCUT2D eigenvalue weighted by atomic mass is 10.0. The van der Waals surface area contributed by atoms with Gasteiger partial charge in [0.25, 0.3) is 5.56 Å². The van der Waals surface area contributed by atoms with Gasteiger partial charge in [0, 0.05) is 35.8 Å². The third-order valence-corrected chi connectivity index (χ3v) is 7.54. The highest BCUT2D eigenvalue weighted by Gasteiger charge is 2.27. The van der Waals surface area contributed by atoms with Crippen LogP contribution in [-0.2, 0) is 0 Å². The molecule has 1 aliphatic rings. The van der Waals surface area contributed by atoms with E-state index in [0.717, 1.165) is 60.4 Å². The summed E-state index contributed by atoms with van der Waals surface area (Å²) in [5.74, 6) is 0.579. The minimum absolute atomic E-state index is 0.0524. The molecule has 9 nitrogen and oxygen atoms in total. The van der Waals surface area contributed by atoms with Gasteiger partial charge in [-0.2, -0.15) is 5.10 Å². The molecule has 198 valence electrons. The Morgan fingerprint density at radius 3 is 2.61 bits per heavy atom. The van der Waals surface area contributed by atoms with E-state index in [-0.39, 0.29) is 17.1 Å². The Labute approximate surface area is 222 Å². The Kier molecular flexibility index (Phi) is 6.94. The van der Waals surface area contributed by atoms with Crippen molar-refractivity contribution in [1.82, 2.24) is 15.1 Å². The van der Waals surface area contributed by atoms with Crippen LogP contribution in [0.2, 0.25) is 0 Å². The molecule has 2 aromatic heterocycles. The van der Waals surface area contributed by atoms with Crippen molar-refractivity contribution in [3.63, 3.8) is 0 Å². The second-order valence-corrected chi connectivity index (χ2v) is 9.87. The second kappa shape index (κ2) is 10.3. The Morgan fingerprint density at radius 2 is 1.89 bits per heavy atom. The Balaban J connectivity index is 1.56. The van der Waals surface area contributed by atoms with Crippen molar-refractivity contribution in [1.29, 1.82) is 0 Å². The van der Waals surface area contributed by atoms with Crippen LogP contribution in [0.15, 0.2) is 56.7 Å². The van der Waals surface area contributed by atoms with Gasteiger partial charge in [-0.05, 0) is 69.8 Å². The zero-order chi connectivity index (χ0) is 27.0. The molecular formula is C29H35N7O2. The van der Waals surface area contributed by atoms with Gasteiger partial charge in [0.2, 0.25) is 0 Å². The van der Waals surface area contributed by atoms with Gasteiger partial charge in [-0.15, -0.1) is 0 Å². The number of nitrogens with zero attached hydrogens (tertiary/aromatic N) is 4. The van der Waals surface area contributed by atoms with Gasteiger partial charge in [0.05, 0.1) is 11.3 Å². The molecule has 0 saturated carbocycles. The number of furan rings is 1. The van der Waals surface area contributed by atoms with Crippen LogP contribution in [-0.4, -0.2) is 53.0 Å². The van der Waals surface area contributed by atoms with E-state index in [9.17, 15) is 4.79 Å². The summed E-state index contributed by atoms with van der Waals surface area (Å²) in [4.78, 5) is 22.3. The maximum absolute atomic E-state index is 12.4. The summed E-state index contributed by atoms with van der Waals surface area (Å²) < 4.78 is 6.26. The number of benzene rings is 2. The molecule has 1 unspecified atom stereocenters. The molecule has 0 aliphatic carbocycles. The summed E-state index contributed by atoms with van der Waals surface area (Å²) in [7, 11) is 0. The van der Waals surface area contributed by atoms with Crippen LogP contribution in [0.1, 0.15) is 42.7 Å². The maximum Gasteiger partial charge on any atom is 0.288 e. The number of nitrogens with one attached hydrogen (secondary N) is 1. The molecule has 2 aromatic carbocycles. The van der Waals surface area contributed by atoms with Crippen molar-refractivity contribution in [2.24, 2.45) is 4.99 Å². The Bertz CT molecular complexity index is 1550. The quantitative estimate of drug-likeness (QED) is 0.313. The number of hydrogen-bond donors (Lipinski definition) is 3. The molecule has 0 amide bonds. The molecule has 9 heteroatoms. The first-order valence-corrected chi connectivity index (χ1v) is 13.1. The molecule has 1 atom stereocenters. The van der Waals surface area contributed by atoms with Gasteiger partial charge in [-0.25, -0.2) is 10.1 Å². The van der Waals surface area contributed by atoms with E-state index in [1.165, 1.54) is 0 Å². The lowest BCUT2D eigenvalue weighted by Gasteiger charge is -2.26. The van der Waals surface area contributed by atoms with E-state index in [4.69, 9.17) is 20.9 Å². The second-order valence-electron chi connectivity index (χ2n) is 9.87. The lowest BCUT2D eigenvalue weighted by Crippen LogP contribution is -2.37. The number of aryl methyl sites for hydroxylation is 2. The van der Waals surface area contributed by atoms with Crippen LogP contribution in [0.3, 0.4) is 0 Å². The number of nitrogen functional groups attached to an aromatic ring is 2. The molecule has 1 saturated heterocycles. The van der Waals surface area contributed by atoms with Crippen molar-refractivity contribution in [2.45, 2.75) is 40.2 Å². The van der Waals surface area contributed by atoms with Crippen molar-refractivity contribution in [2.75, 3.05) is 42.5 Å². The van der Waals surface area contributed by atoms with Crippen molar-refractivity contribution < 1.29 is 4.42 Å². The largest absolute Gasteiger partial charge is 0.454 e. The smallest absolute Gasteiger partial charge is 0.288 e. The van der Waals surface area contributed by atoms with Gasteiger partial charge in [-0.1, -0.05) is 25.5 Å². The van der Waals surface area contributed by atoms with Crippen LogP contribution in [0.4, 0.5) is 22.9 Å². The monoisotopic (exact) mass is 513 g/mol. The minimum atomic E-state index is -0.529. The molecule has 1 aliphatic heterocycles. The standard InChI is InChI=1S/C29H35N7O2/c1-5-35(6-2)21-13-14-36(16-21)20-10-8-19(9-11-20)32-26(24-25(30)29(37)34-33-28(24)31)27-18(4)22-15-17(3)7-12-23(22)38-27/h7-12,15,21H,5-6,13-14,16H2,1-4H3,(H,34,37)(H4,30,31,33). The maximum atomic E-state index is 12.4. The third kappa shape index (κ3) is 4.65. The van der Waals surface area contributed by atoms with Crippen LogP contribution >= 0.6 is 0 Å². The van der Waals surface area contributed by atoms with Crippen molar-refractivity contribution in [3.05, 3.63) is 75.3 Å². The van der Waals surface area contributed by atoms with E-state index in [1.54, 1.807) is 0 Å². The van der Waals surface area contributed by atoms with Gasteiger partial charge < -0.3 is 20.8 Å². The topological polar surface area (TPSA) is 130 Å². The number of hydrogen-bond acceptors (Lipinski definition) is 8. The molecule has 3 heterocycles. The highest BCUT2D eigenvalue weighted by atomic mass is 16.3. The van der Waals surface area contributed by atoms with Crippen molar-refractivity contribution in [3.8, 4) is 0 Å². The fourth-order valence-corrected chi connectivity index (χ4v) is 5.39. The average molecular weight is 514 g/mol. The third-order valence-electron chi connectivity index (χ3n) is 7.54. The first kappa shape index (κ1) is 25.5. The van der Waals surface area contributed by atoms with E-state index >= 15 is 0 Å². The SMILES string of the molecule is CCN(CC)C1CCN(c2ccc(N=C(c3oc4ccc(C)cc4c3C)c3c(N)n[nH]c(=O)c3N)cc2)C1. The minimum Gasteiger partial charge on any atom is -0.454 e. The van der Waals surface area contributed by atoms with E-state index in [2.05, 4.69) is 52.0 Å². The zero-order valence-corrected chi connectivity index (χ0v) is 22.4. The highest BCUT2D eigenvalue weighted by Crippen LogP contribution is 2.32. The number of likely N-dealkylation sites (N-methyl/N-ethyl adjacent to an activating group) is 1. The number of anilines is 3. The molecule has 5 rings (SSSR count). The molecule has 4 aromatic rings. The predicted octanol–water partition coefficient (Wildman–Crippen LogP) is 4.39. The first-order valence-electron chi connectivity index (χ1n) is 13.1. The fraction of sp³-hybridized carbons (Fsp3) is 0.345. The predicted molar refractivity (Wildman–Crippen MR) is 155 cm³/mol. The van der Waals surface area contributed by atoms with Crippen LogP contribution < -0.4 is 21.9 Å². The molecule has 0 spiro atoms. The van der Waals surface area contributed by atoms with E-state index < -0.39 is 5.56 Å². The molecule has 0 radical (unpaired) electrons. The Hall–Kier alpha value is -4.11. The lowest BCUT2D eigenvalue weighted by molar-refractivity contribution is 0.232. The fourth-order valence-electron chi connectivity index (χ4n) is 5.39. The van der Waals surface area contributed by atoms with Crippen LogP contribution in [0, 0.1) is 13.8 Å². The van der Waals surface area contributed by atoms with Gasteiger partial charge in [-0.3, -0.25) is 9.69 Å². The zero-order valence-electron chi connectivity index (χ0n) is 22.4. The summed E-state index contributed by atoms with van der Waals surface area (Å²) in [5.41, 5.74) is 17.1. The number of aromatic amines is 1. The summed E-state index contributed by atoms with van der Waals surface area (Å²) in [6.07, 6.45) is 1.16. The highest BCUT2D eigenvalue weighted by molar-refractivity contribution is 6.19. The summed E-state index contributed by atoms with van der Waals surface area (Å²) in [6.45, 7) is 12.6. The number of fused-ring (bicyclic) bond motifs is 1. The first-order chi connectivity index (χ1) is 18.3. The summed E-state index contributed by atoms with van der Waals surface area (Å²) in [5, 5.41) is 7.26. The van der Waals surface area contributed by atoms with Crippen LogP contribution in [0.25, 0.3) is 11.0 Å². The number of nitrogens with two attached hydrogens (primary N) is 2. The molecule has 38 heavy (non-hydrogen) atoms. The van der Waals surface area contributed by atoms with E-state index in [0.29, 0.717) is 23.2 Å². The van der Waals surface area contributed by atoms with Gasteiger partial charge in [0.1, 0.15) is 17.0 Å². The summed E-state index contributed by atoms with van der Waals surface area (Å²) in [6, 6.07) is 14.7. The summed E-state index contributed by atoms with van der Waals surface area (Å²) >= 11 is 0. The van der Waals surface area contributed by atoms with Crippen LogP contribution in [0.5, 0.6) is 0 Å². The van der Waals surface area contributed by atoms with Gasteiger partial charge >= 0.3 is 0 Å². The number of H-pyrrole nitrogens is 1. The molecule has 5 N–H and O–H groups in total.